The highest BCUT2D eigenvalue weighted by molar-refractivity contribution is 5.56. The van der Waals surface area contributed by atoms with Gasteiger partial charge in [0.2, 0.25) is 0 Å². The van der Waals surface area contributed by atoms with E-state index in [0.29, 0.717) is 35.9 Å². The van der Waals surface area contributed by atoms with Crippen LogP contribution in [0.2, 0.25) is 0 Å². The third-order valence-corrected chi connectivity index (χ3v) is 5.72. The minimum atomic E-state index is -0.273. The van der Waals surface area contributed by atoms with Crippen LogP contribution in [-0.2, 0) is 22.4 Å². The topological polar surface area (TPSA) is 87.0 Å². The summed E-state index contributed by atoms with van der Waals surface area (Å²) in [6, 6.07) is 1.59. The fraction of sp³-hybridized carbons (Fsp3) is 0.696. The van der Waals surface area contributed by atoms with Crippen molar-refractivity contribution in [1.82, 2.24) is 0 Å². The molecule has 0 bridgehead atoms. The van der Waals surface area contributed by atoms with Crippen molar-refractivity contribution in [3.05, 3.63) is 17.2 Å². The van der Waals surface area contributed by atoms with Crippen molar-refractivity contribution in [2.24, 2.45) is 5.41 Å². The molecule has 28 heavy (non-hydrogen) atoms. The normalized spacial score (nSPS) is 15.4. The molecule has 5 nitrogen and oxygen atoms in total. The lowest BCUT2D eigenvalue weighted by atomic mass is 9.89. The molecule has 0 aromatic heterocycles. The van der Waals surface area contributed by atoms with E-state index in [1.54, 1.807) is 6.07 Å². The third kappa shape index (κ3) is 6.61. The van der Waals surface area contributed by atoms with E-state index in [-0.39, 0.29) is 22.8 Å². The first-order chi connectivity index (χ1) is 13.2. The average Bonchev–Trinajstić information content (AvgIpc) is 3.37. The summed E-state index contributed by atoms with van der Waals surface area (Å²) in [7, 11) is 0. The first kappa shape index (κ1) is 22.4. The van der Waals surface area contributed by atoms with Crippen LogP contribution in [0.15, 0.2) is 6.07 Å². The number of phenols is 3. The molecule has 2 rings (SSSR count). The molecule has 3 N–H and O–H groups in total. The zero-order valence-electron chi connectivity index (χ0n) is 17.6. The number of rotatable bonds is 12. The Labute approximate surface area is 168 Å². The zero-order valence-corrected chi connectivity index (χ0v) is 17.6. The van der Waals surface area contributed by atoms with Gasteiger partial charge in [0, 0.05) is 11.1 Å². The maximum Gasteiger partial charge on any atom is 0.293 e. The molecule has 1 aliphatic rings. The van der Waals surface area contributed by atoms with Gasteiger partial charge in [0.05, 0.1) is 0 Å². The van der Waals surface area contributed by atoms with Crippen molar-refractivity contribution in [1.29, 1.82) is 0 Å². The van der Waals surface area contributed by atoms with Crippen molar-refractivity contribution >= 4 is 6.47 Å². The Kier molecular flexibility index (Phi) is 7.62. The van der Waals surface area contributed by atoms with Crippen molar-refractivity contribution in [3.8, 4) is 17.2 Å². The Bertz CT molecular complexity index is 656. The van der Waals surface area contributed by atoms with Crippen molar-refractivity contribution in [2.45, 2.75) is 97.0 Å². The molecule has 0 radical (unpaired) electrons. The molecule has 1 aromatic rings. The van der Waals surface area contributed by atoms with Gasteiger partial charge >= 0.3 is 0 Å². The Balaban J connectivity index is 1.82. The van der Waals surface area contributed by atoms with Crippen LogP contribution in [0.3, 0.4) is 0 Å². The SMILES string of the molecule is CC(C)(C)CCCCCc1cc(O)c(CCCCC2(OC=O)CC2)c(O)c1O. The molecule has 1 aromatic carbocycles. The molecule has 1 aliphatic carbocycles. The minimum Gasteiger partial charge on any atom is -0.508 e. The Hall–Kier alpha value is -1.91. The maximum absolute atomic E-state index is 10.5. The van der Waals surface area contributed by atoms with E-state index in [9.17, 15) is 20.1 Å². The number of aryl methyl sites for hydroxylation is 1. The second-order valence-corrected chi connectivity index (χ2v) is 9.46. The summed E-state index contributed by atoms with van der Waals surface area (Å²) < 4.78 is 5.13. The lowest BCUT2D eigenvalue weighted by molar-refractivity contribution is -0.135. The predicted octanol–water partition coefficient (Wildman–Crippen LogP) is 5.37. The third-order valence-electron chi connectivity index (χ3n) is 5.72. The summed E-state index contributed by atoms with van der Waals surface area (Å²) >= 11 is 0. The van der Waals surface area contributed by atoms with Gasteiger partial charge in [0.1, 0.15) is 11.4 Å². The summed E-state index contributed by atoms with van der Waals surface area (Å²) in [5.41, 5.74) is 1.06. The number of benzene rings is 1. The number of unbranched alkanes of at least 4 members (excludes halogenated alkanes) is 3. The molecule has 0 amide bonds. The van der Waals surface area contributed by atoms with Gasteiger partial charge < -0.3 is 20.1 Å². The first-order valence-electron chi connectivity index (χ1n) is 10.5. The molecule has 5 heteroatoms. The molecule has 0 unspecified atom stereocenters. The van der Waals surface area contributed by atoms with E-state index in [0.717, 1.165) is 57.8 Å². The average molecular weight is 393 g/mol. The first-order valence-corrected chi connectivity index (χ1v) is 10.5. The van der Waals surface area contributed by atoms with Crippen molar-refractivity contribution < 1.29 is 24.9 Å². The molecule has 0 saturated heterocycles. The quantitative estimate of drug-likeness (QED) is 0.193. The van der Waals surface area contributed by atoms with Crippen LogP contribution in [0.25, 0.3) is 0 Å². The maximum atomic E-state index is 10.5. The molecular formula is C23H36O5. The minimum absolute atomic E-state index is 0.0465. The van der Waals surface area contributed by atoms with Gasteiger partial charge in [-0.15, -0.1) is 0 Å². The highest BCUT2D eigenvalue weighted by Crippen LogP contribution is 2.44. The number of carbonyl (C=O) groups is 1. The molecule has 0 aliphatic heterocycles. The Morgan fingerprint density at radius 2 is 1.68 bits per heavy atom. The summed E-state index contributed by atoms with van der Waals surface area (Å²) in [6.45, 7) is 7.21. The summed E-state index contributed by atoms with van der Waals surface area (Å²) in [5.74, 6) is -0.258. The smallest absolute Gasteiger partial charge is 0.293 e. The van der Waals surface area contributed by atoms with Crippen LogP contribution in [0, 0.1) is 5.41 Å². The van der Waals surface area contributed by atoms with Crippen LogP contribution >= 0.6 is 0 Å². The summed E-state index contributed by atoms with van der Waals surface area (Å²) in [4.78, 5) is 10.5. The zero-order chi connectivity index (χ0) is 20.8. The lowest BCUT2D eigenvalue weighted by Gasteiger charge is -2.17. The van der Waals surface area contributed by atoms with Crippen LogP contribution in [0.4, 0.5) is 0 Å². The van der Waals surface area contributed by atoms with Gasteiger partial charge in [0.15, 0.2) is 11.5 Å². The van der Waals surface area contributed by atoms with Gasteiger partial charge in [-0.25, -0.2) is 0 Å². The van der Waals surface area contributed by atoms with E-state index in [1.807, 2.05) is 0 Å². The van der Waals surface area contributed by atoms with Gasteiger partial charge in [0.25, 0.3) is 6.47 Å². The standard InChI is InChI=1S/C23H36O5/c1-22(2,3)11-7-4-5-9-17-15-19(25)18(21(27)20(17)26)10-6-8-12-23(13-14-23)28-16-24/h15-16,25-27H,4-14H2,1-3H3. The van der Waals surface area contributed by atoms with Crippen LogP contribution in [0.1, 0.15) is 89.7 Å². The van der Waals surface area contributed by atoms with Crippen LogP contribution in [0.5, 0.6) is 17.2 Å². The number of carbonyl (C=O) groups excluding carboxylic acids is 1. The van der Waals surface area contributed by atoms with E-state index < -0.39 is 0 Å². The highest BCUT2D eigenvalue weighted by atomic mass is 16.5. The second-order valence-electron chi connectivity index (χ2n) is 9.46. The molecule has 1 fully saturated rings. The molecule has 0 spiro atoms. The van der Waals surface area contributed by atoms with E-state index in [1.165, 1.54) is 0 Å². The number of ether oxygens (including phenoxy) is 1. The number of phenolic OH excluding ortho intramolecular Hbond substituents is 3. The van der Waals surface area contributed by atoms with Crippen LogP contribution < -0.4 is 0 Å². The molecule has 1 saturated carbocycles. The molecule has 158 valence electrons. The van der Waals surface area contributed by atoms with Gasteiger partial charge in [-0.05, 0) is 69.3 Å². The van der Waals surface area contributed by atoms with Gasteiger partial charge in [-0.2, -0.15) is 0 Å². The van der Waals surface area contributed by atoms with E-state index in [4.69, 9.17) is 4.74 Å². The van der Waals surface area contributed by atoms with Crippen molar-refractivity contribution in [2.75, 3.05) is 0 Å². The number of hydrogen-bond donors (Lipinski definition) is 3. The monoisotopic (exact) mass is 392 g/mol. The Morgan fingerprint density at radius 1 is 1.00 bits per heavy atom. The van der Waals surface area contributed by atoms with Crippen LogP contribution in [-0.4, -0.2) is 27.4 Å². The Morgan fingerprint density at radius 3 is 2.29 bits per heavy atom. The largest absolute Gasteiger partial charge is 0.508 e. The summed E-state index contributed by atoms with van der Waals surface area (Å²) in [6.07, 6.45) is 9.60. The summed E-state index contributed by atoms with van der Waals surface area (Å²) in [5, 5.41) is 31.0. The van der Waals surface area contributed by atoms with E-state index >= 15 is 0 Å². The fourth-order valence-corrected chi connectivity index (χ4v) is 3.74. The predicted molar refractivity (Wildman–Crippen MR) is 110 cm³/mol. The lowest BCUT2D eigenvalue weighted by Crippen LogP contribution is -2.12. The van der Waals surface area contributed by atoms with E-state index in [2.05, 4.69) is 20.8 Å². The number of aromatic hydroxyl groups is 3. The fourth-order valence-electron chi connectivity index (χ4n) is 3.74. The highest BCUT2D eigenvalue weighted by Gasteiger charge is 2.44. The van der Waals surface area contributed by atoms with Crippen molar-refractivity contribution in [3.63, 3.8) is 0 Å². The second kappa shape index (κ2) is 9.53. The number of hydrogen-bond acceptors (Lipinski definition) is 5. The van der Waals surface area contributed by atoms with Gasteiger partial charge in [-0.3, -0.25) is 4.79 Å². The molecular weight excluding hydrogens is 356 g/mol. The van der Waals surface area contributed by atoms with Gasteiger partial charge in [-0.1, -0.05) is 33.6 Å². The molecule has 0 atom stereocenters. The molecule has 0 heterocycles.